The Morgan fingerprint density at radius 1 is 0.767 bits per heavy atom. The number of anilines is 1. The summed E-state index contributed by atoms with van der Waals surface area (Å²) in [5.74, 6) is 6.00. The van der Waals surface area contributed by atoms with Crippen LogP contribution >= 0.6 is 0 Å². The van der Waals surface area contributed by atoms with Gasteiger partial charge in [0.1, 0.15) is 0 Å². The van der Waals surface area contributed by atoms with Gasteiger partial charge in [0.2, 0.25) is 5.91 Å². The Balaban J connectivity index is 1.57. The number of nitrogens with zero attached hydrogens (tertiary/aromatic N) is 2. The summed E-state index contributed by atoms with van der Waals surface area (Å²) in [5, 5.41) is 0. The van der Waals surface area contributed by atoms with E-state index >= 15 is 0 Å². The molecule has 4 nitrogen and oxygen atoms in total. The van der Waals surface area contributed by atoms with Crippen molar-refractivity contribution in [2.75, 3.05) is 11.9 Å². The van der Waals surface area contributed by atoms with Crippen molar-refractivity contribution in [1.82, 2.24) is 4.90 Å². The topological polar surface area (TPSA) is 40.6 Å². The largest absolute Gasteiger partial charge is 0.331 e. The molecule has 4 heteroatoms. The lowest BCUT2D eigenvalue weighted by Gasteiger charge is -2.45. The van der Waals surface area contributed by atoms with Crippen molar-refractivity contribution in [1.29, 1.82) is 0 Å². The third kappa shape index (κ3) is 3.58. The number of imide groups is 1. The average molecular weight is 394 g/mol. The van der Waals surface area contributed by atoms with Crippen LogP contribution in [0.15, 0.2) is 84.9 Å². The number of hydrogen-bond donors (Lipinski definition) is 0. The van der Waals surface area contributed by atoms with E-state index in [1.165, 1.54) is 4.90 Å². The third-order valence-electron chi connectivity index (χ3n) is 5.61. The molecule has 0 saturated carbocycles. The molecule has 1 saturated heterocycles. The van der Waals surface area contributed by atoms with Crippen LogP contribution in [-0.2, 0) is 10.3 Å². The van der Waals surface area contributed by atoms with Crippen LogP contribution in [0.25, 0.3) is 0 Å². The van der Waals surface area contributed by atoms with Crippen molar-refractivity contribution in [3.63, 3.8) is 0 Å². The second-order valence-electron chi connectivity index (χ2n) is 7.55. The summed E-state index contributed by atoms with van der Waals surface area (Å²) in [6.45, 7) is 1.93. The zero-order valence-electron chi connectivity index (χ0n) is 17.0. The minimum Gasteiger partial charge on any atom is -0.317 e. The predicted octanol–water partition coefficient (Wildman–Crippen LogP) is 4.79. The smallest absolute Gasteiger partial charge is 0.317 e. The van der Waals surface area contributed by atoms with Gasteiger partial charge in [0.25, 0.3) is 0 Å². The minimum absolute atomic E-state index is 0.215. The van der Waals surface area contributed by atoms with Crippen LogP contribution in [0.2, 0.25) is 0 Å². The number of hydrogen-bond acceptors (Lipinski definition) is 2. The van der Waals surface area contributed by atoms with Crippen molar-refractivity contribution in [3.05, 3.63) is 102 Å². The van der Waals surface area contributed by atoms with Crippen LogP contribution in [0.3, 0.4) is 0 Å². The highest BCUT2D eigenvalue weighted by Gasteiger charge is 2.46. The van der Waals surface area contributed by atoms with Gasteiger partial charge in [-0.05, 0) is 48.9 Å². The molecule has 1 aliphatic heterocycles. The van der Waals surface area contributed by atoms with Gasteiger partial charge in [-0.3, -0.25) is 4.79 Å². The minimum atomic E-state index is -0.674. The van der Waals surface area contributed by atoms with Crippen molar-refractivity contribution in [3.8, 4) is 11.8 Å². The van der Waals surface area contributed by atoms with Gasteiger partial charge in [-0.25, -0.2) is 9.69 Å². The molecule has 30 heavy (non-hydrogen) atoms. The lowest BCUT2D eigenvalue weighted by Crippen LogP contribution is -2.59. The number of amides is 3. The van der Waals surface area contributed by atoms with Crippen LogP contribution < -0.4 is 4.90 Å². The van der Waals surface area contributed by atoms with Gasteiger partial charge in [-0.1, -0.05) is 60.4 Å². The zero-order chi connectivity index (χ0) is 21.1. The van der Waals surface area contributed by atoms with Crippen LogP contribution in [-0.4, -0.2) is 23.9 Å². The number of carbonyl (C=O) groups is 2. The maximum Gasteiger partial charge on any atom is 0.331 e. The fourth-order valence-corrected chi connectivity index (χ4v) is 3.67. The Morgan fingerprint density at radius 3 is 1.90 bits per heavy atom. The van der Waals surface area contributed by atoms with E-state index in [0.29, 0.717) is 5.69 Å². The zero-order valence-corrected chi connectivity index (χ0v) is 17.0. The Hall–Kier alpha value is -3.84. The molecule has 1 atom stereocenters. The molecule has 3 aromatic rings. The summed E-state index contributed by atoms with van der Waals surface area (Å²) in [6.07, 6.45) is 0.217. The summed E-state index contributed by atoms with van der Waals surface area (Å²) >= 11 is 0. The number of benzene rings is 3. The first kappa shape index (κ1) is 19.5. The van der Waals surface area contributed by atoms with Crippen molar-refractivity contribution in [2.24, 2.45) is 0 Å². The molecule has 3 aromatic carbocycles. The van der Waals surface area contributed by atoms with E-state index in [1.807, 2.05) is 79.7 Å². The van der Waals surface area contributed by atoms with E-state index in [0.717, 1.165) is 16.7 Å². The summed E-state index contributed by atoms with van der Waals surface area (Å²) in [6, 6.07) is 26.3. The first-order chi connectivity index (χ1) is 14.5. The van der Waals surface area contributed by atoms with E-state index in [-0.39, 0.29) is 18.4 Å². The van der Waals surface area contributed by atoms with E-state index < -0.39 is 5.54 Å². The van der Waals surface area contributed by atoms with Gasteiger partial charge < -0.3 is 4.90 Å². The van der Waals surface area contributed by atoms with Crippen LogP contribution in [0.1, 0.15) is 30.0 Å². The normalized spacial score (nSPS) is 18.7. The third-order valence-corrected chi connectivity index (χ3v) is 5.61. The molecule has 0 aliphatic carbocycles. The molecule has 1 aliphatic rings. The molecule has 0 unspecified atom stereocenters. The summed E-state index contributed by atoms with van der Waals surface area (Å²) < 4.78 is 0. The van der Waals surface area contributed by atoms with Gasteiger partial charge in [-0.2, -0.15) is 0 Å². The Bertz CT molecular complexity index is 1130. The van der Waals surface area contributed by atoms with E-state index in [4.69, 9.17) is 0 Å². The van der Waals surface area contributed by atoms with Crippen molar-refractivity contribution in [2.45, 2.75) is 18.9 Å². The van der Waals surface area contributed by atoms with Gasteiger partial charge >= 0.3 is 6.03 Å². The summed E-state index contributed by atoms with van der Waals surface area (Å²) in [7, 11) is 1.74. The highest BCUT2D eigenvalue weighted by Crippen LogP contribution is 2.37. The maximum absolute atomic E-state index is 13.1. The molecule has 3 amide bonds. The van der Waals surface area contributed by atoms with Gasteiger partial charge in [0.15, 0.2) is 0 Å². The Morgan fingerprint density at radius 2 is 1.30 bits per heavy atom. The summed E-state index contributed by atoms with van der Waals surface area (Å²) in [4.78, 5) is 29.0. The number of urea groups is 1. The fourth-order valence-electron chi connectivity index (χ4n) is 3.67. The standard InChI is InChI=1S/C26H22N2O2/c1-26(22-11-7-4-8-12-22)19-24(29)28(25(30)27(26)2)23-17-15-21(16-18-23)14-13-20-9-5-3-6-10-20/h3-12,15-18H,19H2,1-2H3/t26-/m0/s1. The second kappa shape index (κ2) is 7.88. The van der Waals surface area contributed by atoms with Gasteiger partial charge in [0.05, 0.1) is 17.6 Å². The quantitative estimate of drug-likeness (QED) is 0.587. The lowest BCUT2D eigenvalue weighted by molar-refractivity contribution is -0.122. The number of rotatable bonds is 2. The molecule has 0 aromatic heterocycles. The average Bonchev–Trinajstić information content (AvgIpc) is 2.78. The van der Waals surface area contributed by atoms with Crippen molar-refractivity contribution >= 4 is 17.6 Å². The van der Waals surface area contributed by atoms with Crippen LogP contribution in [0.4, 0.5) is 10.5 Å². The molecule has 148 valence electrons. The number of carbonyl (C=O) groups excluding carboxylic acids is 2. The fraction of sp³-hybridized carbons (Fsp3) is 0.154. The van der Waals surface area contributed by atoms with E-state index in [9.17, 15) is 9.59 Å². The van der Waals surface area contributed by atoms with Gasteiger partial charge in [-0.15, -0.1) is 0 Å². The summed E-state index contributed by atoms with van der Waals surface area (Å²) in [5.41, 5.74) is 2.58. The first-order valence-corrected chi connectivity index (χ1v) is 9.82. The molecule has 0 radical (unpaired) electrons. The lowest BCUT2D eigenvalue weighted by atomic mass is 9.85. The Labute approximate surface area is 176 Å². The molecular formula is C26H22N2O2. The SMILES string of the molecule is CN1C(=O)N(c2ccc(C#Cc3ccccc3)cc2)C(=O)C[C@@]1(C)c1ccccc1. The molecule has 0 spiro atoms. The molecule has 1 heterocycles. The monoisotopic (exact) mass is 394 g/mol. The van der Waals surface area contributed by atoms with Crippen LogP contribution in [0.5, 0.6) is 0 Å². The second-order valence-corrected chi connectivity index (χ2v) is 7.55. The molecule has 4 rings (SSSR count). The molecular weight excluding hydrogens is 372 g/mol. The highest BCUT2D eigenvalue weighted by atomic mass is 16.2. The maximum atomic E-state index is 13.1. The predicted molar refractivity (Wildman–Crippen MR) is 118 cm³/mol. The molecule has 0 bridgehead atoms. The van der Waals surface area contributed by atoms with E-state index in [1.54, 1.807) is 24.1 Å². The van der Waals surface area contributed by atoms with E-state index in [2.05, 4.69) is 11.8 Å². The van der Waals surface area contributed by atoms with Crippen molar-refractivity contribution < 1.29 is 9.59 Å². The Kier molecular flexibility index (Phi) is 5.12. The molecule has 1 fully saturated rings. The highest BCUT2D eigenvalue weighted by molar-refractivity contribution is 6.16. The first-order valence-electron chi connectivity index (χ1n) is 9.82. The molecule has 0 N–H and O–H groups in total. The van der Waals surface area contributed by atoms with Crippen LogP contribution in [0, 0.1) is 11.8 Å². The van der Waals surface area contributed by atoms with Gasteiger partial charge in [0, 0.05) is 18.2 Å².